The highest BCUT2D eigenvalue weighted by molar-refractivity contribution is 9.10. The van der Waals surface area contributed by atoms with Gasteiger partial charge in [0.1, 0.15) is 0 Å². The first-order valence-electron chi connectivity index (χ1n) is 5.19. The van der Waals surface area contributed by atoms with Crippen molar-refractivity contribution >= 4 is 33.0 Å². The Labute approximate surface area is 109 Å². The van der Waals surface area contributed by atoms with Gasteiger partial charge in [0, 0.05) is 27.0 Å². The summed E-state index contributed by atoms with van der Waals surface area (Å²) >= 11 is 5.23. The number of rotatable bonds is 3. The van der Waals surface area contributed by atoms with E-state index in [9.17, 15) is 0 Å². The summed E-state index contributed by atoms with van der Waals surface area (Å²) in [6.07, 6.45) is 0. The van der Waals surface area contributed by atoms with Crippen molar-refractivity contribution in [1.82, 2.24) is 0 Å². The van der Waals surface area contributed by atoms with Gasteiger partial charge in [0.05, 0.1) is 0 Å². The Hall–Kier alpha value is -0.800. The van der Waals surface area contributed by atoms with Gasteiger partial charge in [0.25, 0.3) is 0 Å². The Morgan fingerprint density at radius 1 is 1.25 bits per heavy atom. The molecular formula is C13H14BrNS. The molecule has 0 aliphatic carbocycles. The van der Waals surface area contributed by atoms with E-state index in [0.29, 0.717) is 0 Å². The zero-order valence-corrected chi connectivity index (χ0v) is 11.8. The first-order valence-corrected chi connectivity index (χ1v) is 6.86. The monoisotopic (exact) mass is 295 g/mol. The third-order valence-corrected chi connectivity index (χ3v) is 4.15. The number of anilines is 1. The largest absolute Gasteiger partial charge is 0.380 e. The third kappa shape index (κ3) is 2.86. The van der Waals surface area contributed by atoms with E-state index in [-0.39, 0.29) is 0 Å². The van der Waals surface area contributed by atoms with Crippen LogP contribution in [0, 0.1) is 13.8 Å². The first-order chi connectivity index (χ1) is 7.65. The van der Waals surface area contributed by atoms with Crippen LogP contribution >= 0.6 is 27.3 Å². The topological polar surface area (TPSA) is 12.0 Å². The maximum atomic E-state index is 3.47. The average Bonchev–Trinajstić information content (AvgIpc) is 2.63. The Morgan fingerprint density at radius 2 is 2.06 bits per heavy atom. The lowest BCUT2D eigenvalue weighted by Gasteiger charge is -2.08. The molecule has 1 aromatic carbocycles. The molecule has 0 saturated heterocycles. The maximum absolute atomic E-state index is 3.47. The van der Waals surface area contributed by atoms with Crippen molar-refractivity contribution in [2.24, 2.45) is 0 Å². The Morgan fingerprint density at radius 3 is 2.69 bits per heavy atom. The van der Waals surface area contributed by atoms with Crippen LogP contribution < -0.4 is 5.32 Å². The number of benzene rings is 1. The van der Waals surface area contributed by atoms with Crippen LogP contribution in [0.4, 0.5) is 5.69 Å². The number of hydrogen-bond donors (Lipinski definition) is 1. The minimum absolute atomic E-state index is 0.889. The van der Waals surface area contributed by atoms with Gasteiger partial charge in [0.15, 0.2) is 0 Å². The Kier molecular flexibility index (Phi) is 3.66. The molecule has 1 heterocycles. The molecule has 3 heteroatoms. The highest BCUT2D eigenvalue weighted by atomic mass is 79.9. The van der Waals surface area contributed by atoms with Crippen molar-refractivity contribution < 1.29 is 0 Å². The molecule has 2 aromatic rings. The van der Waals surface area contributed by atoms with Gasteiger partial charge in [0.2, 0.25) is 0 Å². The maximum Gasteiger partial charge on any atom is 0.0494 e. The van der Waals surface area contributed by atoms with Crippen molar-refractivity contribution in [2.75, 3.05) is 5.32 Å². The Bertz CT molecular complexity index is 490. The zero-order chi connectivity index (χ0) is 11.5. The smallest absolute Gasteiger partial charge is 0.0494 e. The van der Waals surface area contributed by atoms with Crippen molar-refractivity contribution in [1.29, 1.82) is 0 Å². The first kappa shape index (κ1) is 11.7. The number of nitrogens with one attached hydrogen (secondary N) is 1. The summed E-state index contributed by atoms with van der Waals surface area (Å²) in [6, 6.07) is 8.64. The van der Waals surface area contributed by atoms with Gasteiger partial charge in [-0.05, 0) is 47.5 Å². The lowest BCUT2D eigenvalue weighted by atomic mass is 10.1. The fraction of sp³-hybridized carbons (Fsp3) is 0.231. The van der Waals surface area contributed by atoms with Gasteiger partial charge in [-0.2, -0.15) is 0 Å². The van der Waals surface area contributed by atoms with Crippen LogP contribution in [-0.4, -0.2) is 0 Å². The standard InChI is InChI=1S/C13H14BrNS/c1-9-3-4-13(10(2)5-9)15-7-12-6-11(14)8-16-12/h3-6,8,15H,7H2,1-2H3. The van der Waals surface area contributed by atoms with Crippen molar-refractivity contribution in [3.8, 4) is 0 Å². The third-order valence-electron chi connectivity index (χ3n) is 2.46. The predicted octanol–water partition coefficient (Wildman–Crippen LogP) is 4.74. The number of thiophene rings is 1. The van der Waals surface area contributed by atoms with Crippen LogP contribution in [0.5, 0.6) is 0 Å². The molecule has 0 amide bonds. The molecular weight excluding hydrogens is 282 g/mol. The molecule has 1 aromatic heterocycles. The summed E-state index contributed by atoms with van der Waals surface area (Å²) < 4.78 is 1.16. The zero-order valence-electron chi connectivity index (χ0n) is 9.38. The van der Waals surface area contributed by atoms with Crippen LogP contribution in [0.1, 0.15) is 16.0 Å². The second-order valence-electron chi connectivity index (χ2n) is 3.90. The summed E-state index contributed by atoms with van der Waals surface area (Å²) in [6.45, 7) is 5.15. The van der Waals surface area contributed by atoms with E-state index in [1.165, 1.54) is 21.7 Å². The molecule has 0 radical (unpaired) electrons. The lowest BCUT2D eigenvalue weighted by molar-refractivity contribution is 1.17. The molecule has 0 atom stereocenters. The summed E-state index contributed by atoms with van der Waals surface area (Å²) in [7, 11) is 0. The van der Waals surface area contributed by atoms with E-state index in [0.717, 1.165) is 11.0 Å². The van der Waals surface area contributed by atoms with Crippen molar-refractivity contribution in [3.05, 3.63) is 50.1 Å². The Balaban J connectivity index is 2.04. The molecule has 0 aliphatic rings. The highest BCUT2D eigenvalue weighted by Crippen LogP contribution is 2.22. The van der Waals surface area contributed by atoms with E-state index in [4.69, 9.17) is 0 Å². The predicted molar refractivity (Wildman–Crippen MR) is 75.3 cm³/mol. The van der Waals surface area contributed by atoms with Crippen molar-refractivity contribution in [3.63, 3.8) is 0 Å². The fourth-order valence-electron chi connectivity index (χ4n) is 1.64. The van der Waals surface area contributed by atoms with Crippen molar-refractivity contribution in [2.45, 2.75) is 20.4 Å². The van der Waals surface area contributed by atoms with Crippen LogP contribution in [0.2, 0.25) is 0 Å². The average molecular weight is 296 g/mol. The molecule has 16 heavy (non-hydrogen) atoms. The minimum atomic E-state index is 0.889. The van der Waals surface area contributed by atoms with Gasteiger partial charge in [-0.3, -0.25) is 0 Å². The molecule has 0 saturated carbocycles. The number of halogens is 1. The van der Waals surface area contributed by atoms with E-state index < -0.39 is 0 Å². The molecule has 0 bridgehead atoms. The molecule has 84 valence electrons. The number of aryl methyl sites for hydroxylation is 2. The summed E-state index contributed by atoms with van der Waals surface area (Å²) in [5.74, 6) is 0. The molecule has 1 N–H and O–H groups in total. The van der Waals surface area contributed by atoms with E-state index in [2.05, 4.69) is 64.7 Å². The molecule has 0 fully saturated rings. The number of hydrogen-bond acceptors (Lipinski definition) is 2. The van der Waals surface area contributed by atoms with E-state index in [1.807, 2.05) is 0 Å². The second kappa shape index (κ2) is 5.02. The second-order valence-corrected chi connectivity index (χ2v) is 5.81. The SMILES string of the molecule is Cc1ccc(NCc2cc(Br)cs2)c(C)c1. The van der Waals surface area contributed by atoms with Gasteiger partial charge in [-0.25, -0.2) is 0 Å². The lowest BCUT2D eigenvalue weighted by Crippen LogP contribution is -1.99. The molecule has 0 aliphatic heterocycles. The summed E-state index contributed by atoms with van der Waals surface area (Å²) in [5.41, 5.74) is 3.83. The van der Waals surface area contributed by atoms with E-state index >= 15 is 0 Å². The van der Waals surface area contributed by atoms with Crippen LogP contribution in [0.25, 0.3) is 0 Å². The highest BCUT2D eigenvalue weighted by Gasteiger charge is 2.00. The normalized spacial score (nSPS) is 10.4. The van der Waals surface area contributed by atoms with Gasteiger partial charge in [-0.1, -0.05) is 17.7 Å². The molecule has 0 unspecified atom stereocenters. The molecule has 0 spiro atoms. The van der Waals surface area contributed by atoms with Gasteiger partial charge < -0.3 is 5.32 Å². The minimum Gasteiger partial charge on any atom is -0.380 e. The van der Waals surface area contributed by atoms with Gasteiger partial charge in [-0.15, -0.1) is 11.3 Å². The summed E-state index contributed by atoms with van der Waals surface area (Å²) in [4.78, 5) is 1.34. The van der Waals surface area contributed by atoms with Crippen LogP contribution in [0.15, 0.2) is 34.1 Å². The molecule has 2 rings (SSSR count). The van der Waals surface area contributed by atoms with Crippen LogP contribution in [0.3, 0.4) is 0 Å². The quantitative estimate of drug-likeness (QED) is 0.862. The van der Waals surface area contributed by atoms with Gasteiger partial charge >= 0.3 is 0 Å². The van der Waals surface area contributed by atoms with Crippen LogP contribution in [-0.2, 0) is 6.54 Å². The summed E-state index contributed by atoms with van der Waals surface area (Å²) in [5, 5.41) is 5.57. The van der Waals surface area contributed by atoms with E-state index in [1.54, 1.807) is 11.3 Å². The molecule has 1 nitrogen and oxygen atoms in total. The fourth-order valence-corrected chi connectivity index (χ4v) is 3.03.